The second kappa shape index (κ2) is 5.99. The number of carboxylic acid groups (broad SMARTS) is 2. The van der Waals surface area contributed by atoms with Gasteiger partial charge < -0.3 is 15.5 Å². The Labute approximate surface area is 110 Å². The van der Waals surface area contributed by atoms with E-state index in [0.29, 0.717) is 0 Å². The third-order valence-electron chi connectivity index (χ3n) is 2.30. The summed E-state index contributed by atoms with van der Waals surface area (Å²) in [5.74, 6) is -2.62. The molecule has 1 aromatic rings. The van der Waals surface area contributed by atoms with Gasteiger partial charge in [-0.1, -0.05) is 13.8 Å². The van der Waals surface area contributed by atoms with Gasteiger partial charge in [0.1, 0.15) is 0 Å². The van der Waals surface area contributed by atoms with Crippen LogP contribution in [0.4, 0.5) is 5.69 Å². The number of amides is 1. The SMILES string of the molecule is CC(C)CC(=O)Nc1cc(C(=O)O)cc(C(=O)O)c1. The summed E-state index contributed by atoms with van der Waals surface area (Å²) in [5.41, 5.74) is -0.192. The molecule has 0 spiro atoms. The van der Waals surface area contributed by atoms with E-state index in [0.717, 1.165) is 6.07 Å². The van der Waals surface area contributed by atoms with Gasteiger partial charge in [0, 0.05) is 12.1 Å². The highest BCUT2D eigenvalue weighted by Gasteiger charge is 2.13. The van der Waals surface area contributed by atoms with E-state index in [1.807, 2.05) is 13.8 Å². The van der Waals surface area contributed by atoms with E-state index in [4.69, 9.17) is 10.2 Å². The van der Waals surface area contributed by atoms with E-state index in [-0.39, 0.29) is 35.1 Å². The van der Waals surface area contributed by atoms with E-state index in [1.54, 1.807) is 0 Å². The largest absolute Gasteiger partial charge is 0.478 e. The predicted octanol–water partition coefficient (Wildman–Crippen LogP) is 2.07. The van der Waals surface area contributed by atoms with Crippen LogP contribution in [0.1, 0.15) is 41.0 Å². The Morgan fingerprint density at radius 1 is 1.05 bits per heavy atom. The van der Waals surface area contributed by atoms with Crippen molar-refractivity contribution in [3.8, 4) is 0 Å². The zero-order valence-electron chi connectivity index (χ0n) is 10.6. The van der Waals surface area contributed by atoms with Crippen molar-refractivity contribution in [1.82, 2.24) is 0 Å². The summed E-state index contributed by atoms with van der Waals surface area (Å²) in [5, 5.41) is 20.3. The van der Waals surface area contributed by atoms with Gasteiger partial charge in [-0.3, -0.25) is 4.79 Å². The number of anilines is 1. The molecule has 0 unspecified atom stereocenters. The average molecular weight is 265 g/mol. The fraction of sp³-hybridized carbons (Fsp3) is 0.308. The topological polar surface area (TPSA) is 104 Å². The van der Waals surface area contributed by atoms with E-state index >= 15 is 0 Å². The molecule has 0 saturated heterocycles. The van der Waals surface area contributed by atoms with Crippen LogP contribution in [0.25, 0.3) is 0 Å². The van der Waals surface area contributed by atoms with Crippen molar-refractivity contribution in [2.24, 2.45) is 5.92 Å². The Hall–Kier alpha value is -2.37. The molecule has 3 N–H and O–H groups in total. The molecule has 1 rings (SSSR count). The lowest BCUT2D eigenvalue weighted by Gasteiger charge is -2.09. The van der Waals surface area contributed by atoms with E-state index in [9.17, 15) is 14.4 Å². The van der Waals surface area contributed by atoms with Crippen LogP contribution in [-0.2, 0) is 4.79 Å². The van der Waals surface area contributed by atoms with Crippen molar-refractivity contribution in [1.29, 1.82) is 0 Å². The molecule has 0 aromatic heterocycles. The van der Waals surface area contributed by atoms with Crippen LogP contribution in [0.3, 0.4) is 0 Å². The van der Waals surface area contributed by atoms with Crippen molar-refractivity contribution < 1.29 is 24.6 Å². The Morgan fingerprint density at radius 2 is 1.53 bits per heavy atom. The zero-order chi connectivity index (χ0) is 14.6. The van der Waals surface area contributed by atoms with Crippen molar-refractivity contribution in [2.75, 3.05) is 5.32 Å². The molecule has 0 fully saturated rings. The number of rotatable bonds is 5. The molecule has 6 heteroatoms. The minimum Gasteiger partial charge on any atom is -0.478 e. The maximum absolute atomic E-state index is 11.6. The Kier molecular flexibility index (Phi) is 4.63. The summed E-state index contributed by atoms with van der Waals surface area (Å²) < 4.78 is 0. The van der Waals surface area contributed by atoms with Crippen molar-refractivity contribution >= 4 is 23.5 Å². The first-order valence-corrected chi connectivity index (χ1v) is 5.71. The van der Waals surface area contributed by atoms with Crippen molar-refractivity contribution in [2.45, 2.75) is 20.3 Å². The number of carboxylic acids is 2. The number of hydrogen-bond acceptors (Lipinski definition) is 3. The summed E-state index contributed by atoms with van der Waals surface area (Å²) in [4.78, 5) is 33.4. The van der Waals surface area contributed by atoms with Gasteiger partial charge in [-0.05, 0) is 24.1 Å². The minimum absolute atomic E-state index is 0.154. The smallest absolute Gasteiger partial charge is 0.335 e. The summed E-state index contributed by atoms with van der Waals surface area (Å²) in [6.07, 6.45) is 0.277. The number of benzene rings is 1. The molecule has 0 aliphatic carbocycles. The first-order valence-electron chi connectivity index (χ1n) is 5.71. The highest BCUT2D eigenvalue weighted by molar-refractivity contribution is 5.98. The Bertz CT molecular complexity index is 490. The second-order valence-corrected chi connectivity index (χ2v) is 4.56. The predicted molar refractivity (Wildman–Crippen MR) is 68.4 cm³/mol. The molecule has 102 valence electrons. The number of aromatic carboxylic acids is 2. The lowest BCUT2D eigenvalue weighted by molar-refractivity contribution is -0.116. The van der Waals surface area contributed by atoms with Gasteiger partial charge in [-0.15, -0.1) is 0 Å². The maximum atomic E-state index is 11.6. The monoisotopic (exact) mass is 265 g/mol. The first kappa shape index (κ1) is 14.7. The second-order valence-electron chi connectivity index (χ2n) is 4.56. The highest BCUT2D eigenvalue weighted by Crippen LogP contribution is 2.16. The molecule has 0 atom stereocenters. The molecule has 0 aliphatic heterocycles. The third kappa shape index (κ3) is 4.42. The standard InChI is InChI=1S/C13H15NO5/c1-7(2)3-11(15)14-10-5-8(12(16)17)4-9(6-10)13(18)19/h4-7H,3H2,1-2H3,(H,14,15)(H,16,17)(H,18,19). The minimum atomic E-state index is -1.25. The van der Waals surface area contributed by atoms with Crippen LogP contribution < -0.4 is 5.32 Å². The number of carbonyl (C=O) groups excluding carboxylic acids is 1. The van der Waals surface area contributed by atoms with Gasteiger partial charge in [0.2, 0.25) is 5.91 Å². The molecule has 6 nitrogen and oxygen atoms in total. The van der Waals surface area contributed by atoms with Gasteiger partial charge in [-0.25, -0.2) is 9.59 Å². The normalized spacial score (nSPS) is 10.3. The lowest BCUT2D eigenvalue weighted by atomic mass is 10.1. The molecule has 0 radical (unpaired) electrons. The molecule has 19 heavy (non-hydrogen) atoms. The molecule has 0 heterocycles. The van der Waals surface area contributed by atoms with Gasteiger partial charge >= 0.3 is 11.9 Å². The maximum Gasteiger partial charge on any atom is 0.335 e. The Morgan fingerprint density at radius 3 is 1.89 bits per heavy atom. The summed E-state index contributed by atoms with van der Waals surface area (Å²) in [6, 6.07) is 3.50. The van der Waals surface area contributed by atoms with Gasteiger partial charge in [0.15, 0.2) is 0 Å². The van der Waals surface area contributed by atoms with E-state index in [2.05, 4.69) is 5.32 Å². The number of hydrogen-bond donors (Lipinski definition) is 3. The summed E-state index contributed by atoms with van der Waals surface area (Å²) in [7, 11) is 0. The van der Waals surface area contributed by atoms with E-state index in [1.165, 1.54) is 12.1 Å². The fourth-order valence-corrected chi connectivity index (χ4v) is 1.53. The van der Waals surface area contributed by atoms with Crippen LogP contribution >= 0.6 is 0 Å². The van der Waals surface area contributed by atoms with Crippen LogP contribution in [0.2, 0.25) is 0 Å². The van der Waals surface area contributed by atoms with Crippen LogP contribution in [0, 0.1) is 5.92 Å². The first-order chi connectivity index (χ1) is 8.79. The van der Waals surface area contributed by atoms with Gasteiger partial charge in [0.05, 0.1) is 11.1 Å². The molecular weight excluding hydrogens is 250 g/mol. The molecule has 1 amide bonds. The molecular formula is C13H15NO5. The molecule has 0 saturated carbocycles. The summed E-state index contributed by atoms with van der Waals surface area (Å²) in [6.45, 7) is 3.74. The summed E-state index contributed by atoms with van der Waals surface area (Å²) >= 11 is 0. The van der Waals surface area contributed by atoms with E-state index < -0.39 is 11.9 Å². The fourth-order valence-electron chi connectivity index (χ4n) is 1.53. The zero-order valence-corrected chi connectivity index (χ0v) is 10.6. The van der Waals surface area contributed by atoms with Crippen molar-refractivity contribution in [3.63, 3.8) is 0 Å². The molecule has 0 aliphatic rings. The van der Waals surface area contributed by atoms with Crippen LogP contribution in [0.5, 0.6) is 0 Å². The molecule has 0 bridgehead atoms. The molecule has 1 aromatic carbocycles. The van der Waals surface area contributed by atoms with Crippen molar-refractivity contribution in [3.05, 3.63) is 29.3 Å². The highest BCUT2D eigenvalue weighted by atomic mass is 16.4. The van der Waals surface area contributed by atoms with Crippen LogP contribution in [-0.4, -0.2) is 28.1 Å². The third-order valence-corrected chi connectivity index (χ3v) is 2.30. The quantitative estimate of drug-likeness (QED) is 0.756. The average Bonchev–Trinajstić information content (AvgIpc) is 2.26. The van der Waals surface area contributed by atoms with Gasteiger partial charge in [-0.2, -0.15) is 0 Å². The van der Waals surface area contributed by atoms with Crippen LogP contribution in [0.15, 0.2) is 18.2 Å². The Balaban J connectivity index is 3.03. The lowest BCUT2D eigenvalue weighted by Crippen LogP contribution is -2.15. The van der Waals surface area contributed by atoms with Gasteiger partial charge in [0.25, 0.3) is 0 Å². The number of nitrogens with one attached hydrogen (secondary N) is 1. The number of carbonyl (C=O) groups is 3.